The fourth-order valence-corrected chi connectivity index (χ4v) is 2.97. The zero-order valence-electron chi connectivity index (χ0n) is 11.3. The first-order chi connectivity index (χ1) is 9.28. The van der Waals surface area contributed by atoms with Gasteiger partial charge in [-0.3, -0.25) is 0 Å². The molecule has 1 aromatic carbocycles. The van der Waals surface area contributed by atoms with Crippen molar-refractivity contribution < 1.29 is 12.8 Å². The van der Waals surface area contributed by atoms with E-state index in [1.165, 1.54) is 18.4 Å². The number of sulfone groups is 1. The van der Waals surface area contributed by atoms with Crippen LogP contribution < -0.4 is 0 Å². The van der Waals surface area contributed by atoms with Crippen molar-refractivity contribution >= 4 is 32.5 Å². The van der Waals surface area contributed by atoms with Crippen molar-refractivity contribution in [3.05, 3.63) is 29.8 Å². The van der Waals surface area contributed by atoms with E-state index < -0.39 is 9.84 Å². The van der Waals surface area contributed by atoms with Gasteiger partial charge in [-0.05, 0) is 25.5 Å². The first-order valence-electron chi connectivity index (χ1n) is 6.25. The summed E-state index contributed by atoms with van der Waals surface area (Å²) in [5.41, 5.74) is 1.30. The minimum absolute atomic E-state index is 0.101. The Labute approximate surface area is 122 Å². The van der Waals surface area contributed by atoms with E-state index in [0.29, 0.717) is 24.3 Å². The summed E-state index contributed by atoms with van der Waals surface area (Å²) < 4.78 is 37.5. The van der Waals surface area contributed by atoms with Crippen LogP contribution >= 0.6 is 11.6 Å². The molecule has 20 heavy (non-hydrogen) atoms. The van der Waals surface area contributed by atoms with Gasteiger partial charge in [0.25, 0.3) is 0 Å². The molecule has 0 aliphatic rings. The summed E-state index contributed by atoms with van der Waals surface area (Å²) in [6.45, 7) is 2.27. The van der Waals surface area contributed by atoms with Crippen molar-refractivity contribution in [2.24, 2.45) is 0 Å². The quantitative estimate of drug-likeness (QED) is 0.796. The average Bonchev–Trinajstić information content (AvgIpc) is 2.66. The summed E-state index contributed by atoms with van der Waals surface area (Å²) in [6.07, 6.45) is 1.68. The van der Waals surface area contributed by atoms with Crippen LogP contribution in [-0.4, -0.2) is 30.0 Å². The van der Waals surface area contributed by atoms with Gasteiger partial charge in [0.2, 0.25) is 0 Å². The number of aromatic nitrogens is 2. The summed E-state index contributed by atoms with van der Waals surface area (Å²) in [5.74, 6) is 0.372. The maximum Gasteiger partial charge on any atom is 0.147 e. The zero-order valence-corrected chi connectivity index (χ0v) is 12.9. The lowest BCUT2D eigenvalue weighted by Crippen LogP contribution is -2.10. The number of rotatable bonds is 5. The maximum absolute atomic E-state index is 13.2. The van der Waals surface area contributed by atoms with Crippen molar-refractivity contribution in [1.82, 2.24) is 9.55 Å². The number of alkyl halides is 1. The molecule has 0 saturated heterocycles. The highest BCUT2D eigenvalue weighted by Gasteiger charge is 2.15. The molecule has 1 unspecified atom stereocenters. The largest absolute Gasteiger partial charge is 0.327 e. The molecule has 0 radical (unpaired) electrons. The lowest BCUT2D eigenvalue weighted by molar-refractivity contribution is 0.590. The molecule has 0 N–H and O–H groups in total. The van der Waals surface area contributed by atoms with E-state index in [1.54, 1.807) is 13.0 Å². The summed E-state index contributed by atoms with van der Waals surface area (Å²) >= 11 is 6.09. The highest BCUT2D eigenvalue weighted by atomic mass is 35.5. The van der Waals surface area contributed by atoms with Crippen molar-refractivity contribution in [3.8, 4) is 0 Å². The van der Waals surface area contributed by atoms with E-state index in [9.17, 15) is 12.8 Å². The van der Waals surface area contributed by atoms with E-state index >= 15 is 0 Å². The Morgan fingerprint density at radius 1 is 1.45 bits per heavy atom. The minimum atomic E-state index is -3.00. The number of fused-ring (bicyclic) bond motifs is 1. The third-order valence-electron chi connectivity index (χ3n) is 2.99. The van der Waals surface area contributed by atoms with Gasteiger partial charge in [-0.15, -0.1) is 11.6 Å². The van der Waals surface area contributed by atoms with E-state index in [2.05, 4.69) is 4.98 Å². The van der Waals surface area contributed by atoms with Crippen LogP contribution in [0.4, 0.5) is 4.39 Å². The van der Waals surface area contributed by atoms with E-state index in [4.69, 9.17) is 11.6 Å². The highest BCUT2D eigenvalue weighted by molar-refractivity contribution is 7.90. The van der Waals surface area contributed by atoms with Crippen LogP contribution in [0.5, 0.6) is 0 Å². The predicted molar refractivity (Wildman–Crippen MR) is 78.3 cm³/mol. The molecule has 1 aromatic heterocycles. The van der Waals surface area contributed by atoms with Crippen molar-refractivity contribution in [3.63, 3.8) is 0 Å². The molecule has 0 fully saturated rings. The van der Waals surface area contributed by atoms with Crippen LogP contribution in [0.25, 0.3) is 11.0 Å². The first kappa shape index (κ1) is 15.3. The van der Waals surface area contributed by atoms with Gasteiger partial charge in [-0.2, -0.15) is 0 Å². The van der Waals surface area contributed by atoms with Gasteiger partial charge in [0, 0.05) is 18.9 Å². The van der Waals surface area contributed by atoms with Crippen LogP contribution in [0.2, 0.25) is 0 Å². The maximum atomic E-state index is 13.2. The van der Waals surface area contributed by atoms with Crippen molar-refractivity contribution in [1.29, 1.82) is 0 Å². The Bertz CT molecular complexity index is 725. The molecule has 0 spiro atoms. The molecule has 0 saturated carbocycles. The van der Waals surface area contributed by atoms with Crippen LogP contribution in [0.3, 0.4) is 0 Å². The first-order valence-corrected chi connectivity index (χ1v) is 8.75. The number of imidazole rings is 1. The molecular weight excluding hydrogens is 303 g/mol. The van der Waals surface area contributed by atoms with Crippen LogP contribution in [0.15, 0.2) is 18.2 Å². The average molecular weight is 319 g/mol. The van der Waals surface area contributed by atoms with Gasteiger partial charge in [0.15, 0.2) is 0 Å². The van der Waals surface area contributed by atoms with Gasteiger partial charge in [0.05, 0.1) is 22.2 Å². The zero-order chi connectivity index (χ0) is 14.9. The second-order valence-electron chi connectivity index (χ2n) is 4.85. The third-order valence-corrected chi connectivity index (χ3v) is 4.22. The summed E-state index contributed by atoms with van der Waals surface area (Å²) in [5, 5.41) is -0.330. The Morgan fingerprint density at radius 2 is 2.15 bits per heavy atom. The van der Waals surface area contributed by atoms with Gasteiger partial charge in [-0.25, -0.2) is 17.8 Å². The SMILES string of the molecule is CC(Cl)c1nc2cc(F)ccc2n1CCCS(C)(=O)=O. The number of benzene rings is 1. The molecular formula is C13H16ClFN2O2S. The molecule has 2 rings (SSSR count). The normalized spacial score (nSPS) is 13.8. The Morgan fingerprint density at radius 3 is 2.75 bits per heavy atom. The van der Waals surface area contributed by atoms with Crippen LogP contribution in [-0.2, 0) is 16.4 Å². The molecule has 0 bridgehead atoms. The molecule has 0 amide bonds. The lowest BCUT2D eigenvalue weighted by atomic mass is 10.3. The van der Waals surface area contributed by atoms with Gasteiger partial charge < -0.3 is 4.57 Å². The number of hydrogen-bond acceptors (Lipinski definition) is 3. The monoisotopic (exact) mass is 318 g/mol. The topological polar surface area (TPSA) is 52.0 Å². The fraction of sp³-hybridized carbons (Fsp3) is 0.462. The van der Waals surface area contributed by atoms with Gasteiger partial charge in [-0.1, -0.05) is 0 Å². The molecule has 110 valence electrons. The summed E-state index contributed by atoms with van der Waals surface area (Å²) in [4.78, 5) is 4.33. The second-order valence-corrected chi connectivity index (χ2v) is 7.77. The molecule has 0 aliphatic carbocycles. The van der Waals surface area contributed by atoms with Gasteiger partial charge >= 0.3 is 0 Å². The number of nitrogens with zero attached hydrogens (tertiary/aromatic N) is 2. The fourth-order valence-electron chi connectivity index (χ4n) is 2.15. The van der Waals surface area contributed by atoms with Crippen LogP contribution in [0.1, 0.15) is 24.5 Å². The summed E-state index contributed by atoms with van der Waals surface area (Å²) in [6, 6.07) is 4.35. The van der Waals surface area contributed by atoms with Crippen molar-refractivity contribution in [2.75, 3.05) is 12.0 Å². The molecule has 1 atom stereocenters. The van der Waals surface area contributed by atoms with Crippen LogP contribution in [0, 0.1) is 5.82 Å². The molecule has 0 aliphatic heterocycles. The molecule has 7 heteroatoms. The number of hydrogen-bond donors (Lipinski definition) is 0. The second kappa shape index (κ2) is 5.69. The summed E-state index contributed by atoms with van der Waals surface area (Å²) in [7, 11) is -3.00. The Balaban J connectivity index is 2.36. The Kier molecular flexibility index (Phi) is 4.34. The van der Waals surface area contributed by atoms with E-state index in [1.807, 2.05) is 4.57 Å². The minimum Gasteiger partial charge on any atom is -0.327 e. The highest BCUT2D eigenvalue weighted by Crippen LogP contribution is 2.25. The predicted octanol–water partition coefficient (Wildman–Crippen LogP) is 2.91. The number of halogens is 2. The molecule has 1 heterocycles. The third kappa shape index (κ3) is 3.49. The molecule has 4 nitrogen and oxygen atoms in total. The van der Waals surface area contributed by atoms with E-state index in [0.717, 1.165) is 5.52 Å². The van der Waals surface area contributed by atoms with Gasteiger partial charge in [0.1, 0.15) is 21.5 Å². The van der Waals surface area contributed by atoms with Crippen molar-refractivity contribution in [2.45, 2.75) is 25.3 Å². The molecule has 2 aromatic rings. The lowest BCUT2D eigenvalue weighted by Gasteiger charge is -2.10. The Hall–Kier alpha value is -1.14. The van der Waals surface area contributed by atoms with E-state index in [-0.39, 0.29) is 16.9 Å². The standard InChI is InChI=1S/C13H16ClFN2O2S/c1-9(14)13-16-11-8-10(15)4-5-12(11)17(13)6-3-7-20(2,18)19/h4-5,8-9H,3,6-7H2,1-2H3. The number of aryl methyl sites for hydroxylation is 1. The smallest absolute Gasteiger partial charge is 0.147 e.